The zero-order valence-corrected chi connectivity index (χ0v) is 30.5. The first-order valence-corrected chi connectivity index (χ1v) is 18.5. The number of amides is 2. The summed E-state index contributed by atoms with van der Waals surface area (Å²) in [6.07, 6.45) is 10.4. The molecule has 9 nitrogen and oxygen atoms in total. The van der Waals surface area contributed by atoms with E-state index in [0.717, 1.165) is 36.6 Å². The van der Waals surface area contributed by atoms with Crippen LogP contribution in [0.4, 0.5) is 4.79 Å². The van der Waals surface area contributed by atoms with Crippen LogP contribution in [0.1, 0.15) is 93.1 Å². The van der Waals surface area contributed by atoms with Crippen LogP contribution in [-0.4, -0.2) is 58.9 Å². The van der Waals surface area contributed by atoms with Gasteiger partial charge in [0, 0.05) is 23.9 Å². The quantitative estimate of drug-likeness (QED) is 0.234. The summed E-state index contributed by atoms with van der Waals surface area (Å²) in [6.45, 7) is 16.7. The number of carbonyl (C=O) groups excluding carboxylic acids is 3. The summed E-state index contributed by atoms with van der Waals surface area (Å²) in [6, 6.07) is 6.74. The van der Waals surface area contributed by atoms with Crippen LogP contribution in [0.25, 0.3) is 10.9 Å². The average Bonchev–Trinajstić information content (AvgIpc) is 3.81. The van der Waals surface area contributed by atoms with E-state index < -0.39 is 30.5 Å². The normalized spacial score (nSPS) is 32.1. The fourth-order valence-corrected chi connectivity index (χ4v) is 9.77. The Morgan fingerprint density at radius 2 is 1.80 bits per heavy atom. The molecular formula is C39H54BN3O6. The molecule has 2 aromatic rings. The van der Waals surface area contributed by atoms with Gasteiger partial charge in [-0.3, -0.25) is 14.2 Å². The summed E-state index contributed by atoms with van der Waals surface area (Å²) in [5.41, 5.74) is 0.620. The van der Waals surface area contributed by atoms with Crippen LogP contribution in [0.2, 0.25) is 0 Å². The number of ether oxygens (including phenoxy) is 1. The molecule has 10 heteroatoms. The molecule has 4 bridgehead atoms. The smallest absolute Gasteiger partial charge is 0.443 e. The second kappa shape index (κ2) is 12.3. The van der Waals surface area contributed by atoms with Gasteiger partial charge >= 0.3 is 13.2 Å². The number of rotatable bonds is 9. The Morgan fingerprint density at radius 3 is 2.45 bits per heavy atom. The van der Waals surface area contributed by atoms with Gasteiger partial charge in [-0.2, -0.15) is 0 Å². The van der Waals surface area contributed by atoms with E-state index in [1.54, 1.807) is 6.20 Å². The Kier molecular flexibility index (Phi) is 8.62. The second-order valence-corrected chi connectivity index (χ2v) is 17.8. The minimum atomic E-state index is -0.867. The minimum absolute atomic E-state index is 0.00108. The molecule has 1 aromatic carbocycles. The lowest BCUT2D eigenvalue weighted by atomic mass is 9.43. The van der Waals surface area contributed by atoms with E-state index in [1.807, 2.05) is 45.0 Å². The van der Waals surface area contributed by atoms with E-state index >= 15 is 0 Å². The highest BCUT2D eigenvalue weighted by atomic mass is 16.7. The monoisotopic (exact) mass is 671 g/mol. The predicted molar refractivity (Wildman–Crippen MR) is 190 cm³/mol. The molecule has 1 aromatic heterocycles. The van der Waals surface area contributed by atoms with Gasteiger partial charge in [0.15, 0.2) is 0 Å². The minimum Gasteiger partial charge on any atom is -0.443 e. The van der Waals surface area contributed by atoms with Crippen LogP contribution in [0.3, 0.4) is 0 Å². The molecule has 8 rings (SSSR count). The highest BCUT2D eigenvalue weighted by Crippen LogP contribution is 2.65. The highest BCUT2D eigenvalue weighted by molar-refractivity contribution is 6.48. The maximum Gasteiger partial charge on any atom is 0.481 e. The topological polar surface area (TPSA) is 108 Å². The van der Waals surface area contributed by atoms with Gasteiger partial charge in [0.25, 0.3) is 0 Å². The third-order valence-electron chi connectivity index (χ3n) is 12.4. The van der Waals surface area contributed by atoms with Crippen molar-refractivity contribution in [1.29, 1.82) is 0 Å². The van der Waals surface area contributed by atoms with E-state index in [9.17, 15) is 14.4 Å². The predicted octanol–water partition coefficient (Wildman–Crippen LogP) is 6.46. The molecule has 4 saturated carbocycles. The van der Waals surface area contributed by atoms with Crippen molar-refractivity contribution in [2.75, 3.05) is 0 Å². The summed E-state index contributed by atoms with van der Waals surface area (Å²) in [5.74, 6) is 1.03. The number of allylic oxidation sites excluding steroid dienone is 2. The standard InChI is InChI=1S/C39H54BN3O6/c1-22(2)15-33(40-48-32-20-26-19-31(38(26,6)7)39(32,8)49-40)42-35(45)29(41-34(44)28-17-23-13-14-24(28)16-23)18-25-21-43(36(46)47-37(3,4)5)30-12-10-9-11-27(25)30/h9-14,21-24,26,28-29,31-33H,15-20H2,1-8H3,(H,41,44)(H,42,45)/t23?,24?,26-,28?,29-,31-,32+,33-,39-/m0/s1. The molecule has 5 fully saturated rings. The van der Waals surface area contributed by atoms with E-state index in [1.165, 1.54) is 4.57 Å². The number of hydrogen-bond donors (Lipinski definition) is 2. The Balaban J connectivity index is 1.16. The number of benzene rings is 1. The lowest BCUT2D eigenvalue weighted by Gasteiger charge is -2.64. The van der Waals surface area contributed by atoms with Gasteiger partial charge in [0.2, 0.25) is 11.8 Å². The molecule has 6 aliphatic rings. The van der Waals surface area contributed by atoms with Gasteiger partial charge in [-0.15, -0.1) is 0 Å². The first-order chi connectivity index (χ1) is 23.0. The molecule has 3 unspecified atom stereocenters. The molecular weight excluding hydrogens is 617 g/mol. The molecule has 1 saturated heterocycles. The number of aromatic nitrogens is 1. The summed E-state index contributed by atoms with van der Waals surface area (Å²) < 4.78 is 20.7. The summed E-state index contributed by atoms with van der Waals surface area (Å²) >= 11 is 0. The van der Waals surface area contributed by atoms with Crippen molar-refractivity contribution in [1.82, 2.24) is 15.2 Å². The molecule has 9 atom stereocenters. The van der Waals surface area contributed by atoms with Gasteiger partial charge in [-0.25, -0.2) is 4.79 Å². The van der Waals surface area contributed by atoms with Gasteiger partial charge in [-0.05, 0) is 106 Å². The second-order valence-electron chi connectivity index (χ2n) is 17.8. The first kappa shape index (κ1) is 34.3. The molecule has 2 heterocycles. The number of hydrogen-bond acceptors (Lipinski definition) is 6. The maximum absolute atomic E-state index is 14.5. The molecule has 0 spiro atoms. The molecule has 0 radical (unpaired) electrons. The van der Waals surface area contributed by atoms with Crippen molar-refractivity contribution in [3.63, 3.8) is 0 Å². The Bertz CT molecular complexity index is 1660. The molecule has 2 N–H and O–H groups in total. The van der Waals surface area contributed by atoms with Gasteiger partial charge in [0.05, 0.1) is 23.2 Å². The zero-order chi connectivity index (χ0) is 35.0. The van der Waals surface area contributed by atoms with Crippen molar-refractivity contribution in [3.05, 3.63) is 48.2 Å². The number of nitrogens with one attached hydrogen (secondary N) is 2. The van der Waals surface area contributed by atoms with Crippen molar-refractivity contribution in [2.24, 2.45) is 40.9 Å². The van der Waals surface area contributed by atoms with Crippen LogP contribution in [0.15, 0.2) is 42.6 Å². The fraction of sp³-hybridized carbons (Fsp3) is 0.667. The number of para-hydroxylation sites is 1. The number of carbonyl (C=O) groups is 3. The van der Waals surface area contributed by atoms with Crippen molar-refractivity contribution in [2.45, 2.75) is 123 Å². The van der Waals surface area contributed by atoms with Crippen molar-refractivity contribution in [3.8, 4) is 0 Å². The molecule has 49 heavy (non-hydrogen) atoms. The maximum atomic E-state index is 14.5. The molecule has 264 valence electrons. The fourth-order valence-electron chi connectivity index (χ4n) is 9.77. The highest BCUT2D eigenvalue weighted by Gasteiger charge is 2.68. The van der Waals surface area contributed by atoms with E-state index in [2.05, 4.69) is 57.4 Å². The van der Waals surface area contributed by atoms with Crippen LogP contribution in [0.5, 0.6) is 0 Å². The van der Waals surface area contributed by atoms with Gasteiger partial charge in [0.1, 0.15) is 11.6 Å². The largest absolute Gasteiger partial charge is 0.481 e. The van der Waals surface area contributed by atoms with E-state index in [-0.39, 0.29) is 53.4 Å². The van der Waals surface area contributed by atoms with E-state index in [0.29, 0.717) is 29.7 Å². The number of fused-ring (bicyclic) bond motifs is 3. The molecule has 5 aliphatic carbocycles. The lowest BCUT2D eigenvalue weighted by molar-refractivity contribution is -0.199. The molecule has 2 amide bonds. The third-order valence-corrected chi connectivity index (χ3v) is 12.4. The van der Waals surface area contributed by atoms with Crippen LogP contribution < -0.4 is 10.6 Å². The molecule has 1 aliphatic heterocycles. The average molecular weight is 672 g/mol. The zero-order valence-electron chi connectivity index (χ0n) is 30.5. The van der Waals surface area contributed by atoms with Gasteiger partial charge in [-0.1, -0.05) is 58.0 Å². The van der Waals surface area contributed by atoms with Crippen LogP contribution >= 0.6 is 0 Å². The van der Waals surface area contributed by atoms with E-state index in [4.69, 9.17) is 14.0 Å². The Morgan fingerprint density at radius 1 is 1.04 bits per heavy atom. The Hall–Kier alpha value is -3.11. The lowest BCUT2D eigenvalue weighted by Crippen LogP contribution is -2.65. The van der Waals surface area contributed by atoms with Crippen LogP contribution in [-0.2, 0) is 30.1 Å². The summed E-state index contributed by atoms with van der Waals surface area (Å²) in [4.78, 5) is 41.6. The van der Waals surface area contributed by atoms with Crippen molar-refractivity contribution >= 4 is 35.9 Å². The summed E-state index contributed by atoms with van der Waals surface area (Å²) in [5, 5.41) is 7.32. The summed E-state index contributed by atoms with van der Waals surface area (Å²) in [7, 11) is -0.572. The SMILES string of the molecule is CC(C)C[C@H](NC(=O)[C@H](Cc1cn(C(=O)OC(C)(C)C)c2ccccc12)NC(=O)C1CC2C=CC1C2)B1O[C@@H]2C[C@@H]3C[C@@H](C3(C)C)[C@]2(C)O1. The first-order valence-electron chi connectivity index (χ1n) is 18.5. The van der Waals surface area contributed by atoms with Crippen LogP contribution in [0, 0.1) is 40.9 Å². The third kappa shape index (κ3) is 6.26. The Labute approximate surface area is 291 Å². The number of nitrogens with zero attached hydrogens (tertiary/aromatic N) is 1. The van der Waals surface area contributed by atoms with Gasteiger partial charge < -0.3 is 24.7 Å². The van der Waals surface area contributed by atoms with Crippen molar-refractivity contribution < 1.29 is 28.4 Å².